The standard InChI is InChI=1S/C24H32N2O3/c1-17(2)15-25-24(28)19(4)26(16-21-9-7-6-8-18(21)3)23(27)14-20-10-12-22(29-5)13-11-20/h6-13,17,19H,14-16H2,1-5H3,(H,25,28)/t19-/m1/s1. The fourth-order valence-corrected chi connectivity index (χ4v) is 3.03. The first-order valence-corrected chi connectivity index (χ1v) is 10.1. The van der Waals surface area contributed by atoms with Gasteiger partial charge in [0.05, 0.1) is 13.5 Å². The van der Waals surface area contributed by atoms with Crippen molar-refractivity contribution < 1.29 is 14.3 Å². The molecule has 0 unspecified atom stereocenters. The van der Waals surface area contributed by atoms with Gasteiger partial charge in [-0.05, 0) is 48.6 Å². The zero-order chi connectivity index (χ0) is 21.4. The van der Waals surface area contributed by atoms with Crippen molar-refractivity contribution in [1.29, 1.82) is 0 Å². The molecule has 29 heavy (non-hydrogen) atoms. The van der Waals surface area contributed by atoms with Crippen LogP contribution in [0.25, 0.3) is 0 Å². The molecule has 2 aromatic rings. The minimum atomic E-state index is -0.556. The Labute approximate surface area is 174 Å². The van der Waals surface area contributed by atoms with Gasteiger partial charge in [0.1, 0.15) is 11.8 Å². The molecule has 156 valence electrons. The predicted molar refractivity (Wildman–Crippen MR) is 116 cm³/mol. The quantitative estimate of drug-likeness (QED) is 0.703. The number of rotatable bonds is 9. The SMILES string of the molecule is COc1ccc(CC(=O)N(Cc2ccccc2C)[C@H](C)C(=O)NCC(C)C)cc1. The minimum absolute atomic E-state index is 0.0781. The van der Waals surface area contributed by atoms with Gasteiger partial charge in [-0.1, -0.05) is 50.2 Å². The number of amides is 2. The van der Waals surface area contributed by atoms with E-state index in [1.54, 1.807) is 18.9 Å². The van der Waals surface area contributed by atoms with Crippen LogP contribution < -0.4 is 10.1 Å². The summed E-state index contributed by atoms with van der Waals surface area (Å²) in [5, 5.41) is 2.95. The zero-order valence-electron chi connectivity index (χ0n) is 18.1. The van der Waals surface area contributed by atoms with Crippen molar-refractivity contribution in [2.75, 3.05) is 13.7 Å². The van der Waals surface area contributed by atoms with Crippen LogP contribution in [-0.2, 0) is 22.6 Å². The summed E-state index contributed by atoms with van der Waals surface area (Å²) in [6.45, 7) is 8.90. The predicted octanol–water partition coefficient (Wildman–Crippen LogP) is 3.74. The van der Waals surface area contributed by atoms with E-state index in [4.69, 9.17) is 4.74 Å². The third-order valence-electron chi connectivity index (χ3n) is 4.97. The Morgan fingerprint density at radius 2 is 1.69 bits per heavy atom. The van der Waals surface area contributed by atoms with E-state index in [0.29, 0.717) is 19.0 Å². The minimum Gasteiger partial charge on any atom is -0.497 e. The number of carbonyl (C=O) groups is 2. The molecule has 0 spiro atoms. The highest BCUT2D eigenvalue weighted by Gasteiger charge is 2.26. The summed E-state index contributed by atoms with van der Waals surface area (Å²) in [7, 11) is 1.61. The van der Waals surface area contributed by atoms with Gasteiger partial charge in [-0.2, -0.15) is 0 Å². The lowest BCUT2D eigenvalue weighted by Crippen LogP contribution is -2.48. The molecule has 0 fully saturated rings. The molecule has 5 heteroatoms. The lowest BCUT2D eigenvalue weighted by molar-refractivity contribution is -0.140. The van der Waals surface area contributed by atoms with E-state index in [0.717, 1.165) is 22.4 Å². The number of carbonyl (C=O) groups excluding carboxylic acids is 2. The highest BCUT2D eigenvalue weighted by Crippen LogP contribution is 2.17. The van der Waals surface area contributed by atoms with Crippen LogP contribution in [0.2, 0.25) is 0 Å². The zero-order valence-corrected chi connectivity index (χ0v) is 18.1. The number of nitrogens with one attached hydrogen (secondary N) is 1. The molecule has 0 heterocycles. The van der Waals surface area contributed by atoms with Crippen LogP contribution in [0.5, 0.6) is 5.75 Å². The lowest BCUT2D eigenvalue weighted by Gasteiger charge is -2.29. The van der Waals surface area contributed by atoms with Gasteiger partial charge < -0.3 is 15.0 Å². The molecule has 0 aromatic heterocycles. The van der Waals surface area contributed by atoms with Gasteiger partial charge in [0.2, 0.25) is 11.8 Å². The van der Waals surface area contributed by atoms with Crippen molar-refractivity contribution in [3.8, 4) is 5.75 Å². The molecule has 2 amide bonds. The first-order valence-electron chi connectivity index (χ1n) is 10.1. The smallest absolute Gasteiger partial charge is 0.242 e. The number of ether oxygens (including phenoxy) is 1. The third-order valence-corrected chi connectivity index (χ3v) is 4.97. The average molecular weight is 397 g/mol. The van der Waals surface area contributed by atoms with Crippen molar-refractivity contribution in [2.24, 2.45) is 5.92 Å². The van der Waals surface area contributed by atoms with E-state index in [9.17, 15) is 9.59 Å². The van der Waals surface area contributed by atoms with Crippen molar-refractivity contribution in [2.45, 2.75) is 46.7 Å². The maximum Gasteiger partial charge on any atom is 0.242 e. The molecule has 0 aliphatic carbocycles. The summed E-state index contributed by atoms with van der Waals surface area (Å²) < 4.78 is 5.18. The summed E-state index contributed by atoms with van der Waals surface area (Å²) in [5.41, 5.74) is 3.03. The highest BCUT2D eigenvalue weighted by molar-refractivity contribution is 5.88. The Hall–Kier alpha value is -2.82. The molecule has 5 nitrogen and oxygen atoms in total. The largest absolute Gasteiger partial charge is 0.497 e. The van der Waals surface area contributed by atoms with Gasteiger partial charge in [-0.3, -0.25) is 9.59 Å². The van der Waals surface area contributed by atoms with E-state index in [1.807, 2.05) is 69.3 Å². The van der Waals surface area contributed by atoms with E-state index in [-0.39, 0.29) is 18.2 Å². The lowest BCUT2D eigenvalue weighted by atomic mass is 10.1. The molecule has 0 aliphatic rings. The Balaban J connectivity index is 2.20. The number of aryl methyl sites for hydroxylation is 1. The molecule has 1 atom stereocenters. The van der Waals surface area contributed by atoms with Crippen LogP contribution in [0.15, 0.2) is 48.5 Å². The van der Waals surface area contributed by atoms with Crippen molar-refractivity contribution in [1.82, 2.24) is 10.2 Å². The Bertz CT molecular complexity index is 815. The van der Waals surface area contributed by atoms with Crippen molar-refractivity contribution in [3.63, 3.8) is 0 Å². The number of hydrogen-bond acceptors (Lipinski definition) is 3. The molecule has 2 rings (SSSR count). The number of benzene rings is 2. The number of methoxy groups -OCH3 is 1. The molecular weight excluding hydrogens is 364 g/mol. The Morgan fingerprint density at radius 3 is 2.28 bits per heavy atom. The van der Waals surface area contributed by atoms with Gasteiger partial charge in [0.15, 0.2) is 0 Å². The molecule has 0 saturated carbocycles. The van der Waals surface area contributed by atoms with E-state index < -0.39 is 6.04 Å². The molecule has 0 bridgehead atoms. The fraction of sp³-hybridized carbons (Fsp3) is 0.417. The van der Waals surface area contributed by atoms with Gasteiger partial charge in [0, 0.05) is 13.1 Å². The van der Waals surface area contributed by atoms with Crippen molar-refractivity contribution in [3.05, 3.63) is 65.2 Å². The Morgan fingerprint density at radius 1 is 1.03 bits per heavy atom. The van der Waals surface area contributed by atoms with E-state index in [1.165, 1.54) is 0 Å². The average Bonchev–Trinajstić information content (AvgIpc) is 2.71. The van der Waals surface area contributed by atoms with Crippen LogP contribution in [0, 0.1) is 12.8 Å². The van der Waals surface area contributed by atoms with Crippen LogP contribution in [0.4, 0.5) is 0 Å². The normalized spacial score (nSPS) is 11.8. The second-order valence-electron chi connectivity index (χ2n) is 7.79. The van der Waals surface area contributed by atoms with E-state index >= 15 is 0 Å². The maximum atomic E-state index is 13.2. The monoisotopic (exact) mass is 396 g/mol. The van der Waals surface area contributed by atoms with Gasteiger partial charge in [0.25, 0.3) is 0 Å². The summed E-state index contributed by atoms with van der Waals surface area (Å²) in [6.07, 6.45) is 0.234. The fourth-order valence-electron chi connectivity index (χ4n) is 3.03. The first kappa shape index (κ1) is 22.5. The van der Waals surface area contributed by atoms with Gasteiger partial charge >= 0.3 is 0 Å². The van der Waals surface area contributed by atoms with Gasteiger partial charge in [-0.25, -0.2) is 0 Å². The van der Waals surface area contributed by atoms with Crippen LogP contribution in [0.3, 0.4) is 0 Å². The Kier molecular flexibility index (Phi) is 8.25. The number of nitrogens with zero attached hydrogens (tertiary/aromatic N) is 1. The topological polar surface area (TPSA) is 58.6 Å². The van der Waals surface area contributed by atoms with E-state index in [2.05, 4.69) is 5.32 Å². The third kappa shape index (κ3) is 6.63. The van der Waals surface area contributed by atoms with Crippen LogP contribution in [0.1, 0.15) is 37.5 Å². The highest BCUT2D eigenvalue weighted by atomic mass is 16.5. The van der Waals surface area contributed by atoms with Crippen LogP contribution >= 0.6 is 0 Å². The van der Waals surface area contributed by atoms with Crippen molar-refractivity contribution >= 4 is 11.8 Å². The summed E-state index contributed by atoms with van der Waals surface area (Å²) in [6, 6.07) is 14.8. The molecule has 2 aromatic carbocycles. The second-order valence-corrected chi connectivity index (χ2v) is 7.79. The summed E-state index contributed by atoms with van der Waals surface area (Å²) in [4.78, 5) is 27.5. The summed E-state index contributed by atoms with van der Waals surface area (Å²) in [5.74, 6) is 0.895. The van der Waals surface area contributed by atoms with Gasteiger partial charge in [-0.15, -0.1) is 0 Å². The molecule has 0 saturated heterocycles. The molecular formula is C24H32N2O3. The first-order chi connectivity index (χ1) is 13.8. The molecule has 1 N–H and O–H groups in total. The maximum absolute atomic E-state index is 13.2. The second kappa shape index (κ2) is 10.6. The molecule has 0 aliphatic heterocycles. The number of hydrogen-bond donors (Lipinski definition) is 1. The summed E-state index contributed by atoms with van der Waals surface area (Å²) >= 11 is 0. The molecule has 0 radical (unpaired) electrons. The van der Waals surface area contributed by atoms with Crippen LogP contribution in [-0.4, -0.2) is 36.4 Å².